The molecule has 0 radical (unpaired) electrons. The second-order valence-corrected chi connectivity index (χ2v) is 7.60. The van der Waals surface area contributed by atoms with Crippen molar-refractivity contribution in [3.8, 4) is 0 Å². The van der Waals surface area contributed by atoms with Crippen LogP contribution in [-0.2, 0) is 4.74 Å². The highest BCUT2D eigenvalue weighted by Crippen LogP contribution is 2.35. The lowest BCUT2D eigenvalue weighted by molar-refractivity contribution is 0.0289. The number of nitrogens with zero attached hydrogens (tertiary/aromatic N) is 3. The van der Waals surface area contributed by atoms with Crippen molar-refractivity contribution in [2.24, 2.45) is 0 Å². The van der Waals surface area contributed by atoms with E-state index in [1.807, 2.05) is 32.0 Å². The summed E-state index contributed by atoms with van der Waals surface area (Å²) in [4.78, 5) is 28.0. The average Bonchev–Trinajstić information content (AvgIpc) is 2.95. The lowest BCUT2D eigenvalue weighted by Crippen LogP contribution is -2.44. The fourth-order valence-electron chi connectivity index (χ4n) is 4.50. The molecule has 0 saturated carbocycles. The summed E-state index contributed by atoms with van der Waals surface area (Å²) in [6.45, 7) is 3.89. The summed E-state index contributed by atoms with van der Waals surface area (Å²) in [5.41, 5.74) is 1.06. The van der Waals surface area contributed by atoms with Gasteiger partial charge in [0.25, 0.3) is 0 Å². The molecule has 2 saturated heterocycles. The third-order valence-corrected chi connectivity index (χ3v) is 5.80. The first-order valence-electron chi connectivity index (χ1n) is 9.12. The maximum atomic E-state index is 12.8. The highest BCUT2D eigenvalue weighted by Gasteiger charge is 2.40. The fraction of sp³-hybridized carbons (Fsp3) is 0.579. The van der Waals surface area contributed by atoms with Crippen molar-refractivity contribution in [2.45, 2.75) is 63.8 Å². The first-order chi connectivity index (χ1) is 12.0. The molecule has 25 heavy (non-hydrogen) atoms. The molecule has 1 aromatic carbocycles. The summed E-state index contributed by atoms with van der Waals surface area (Å²) < 4.78 is 8.61. The lowest BCUT2D eigenvalue weighted by atomic mass is 10.0. The van der Waals surface area contributed by atoms with Crippen LogP contribution in [0.4, 0.5) is 4.79 Å². The van der Waals surface area contributed by atoms with E-state index in [-0.39, 0.29) is 17.8 Å². The lowest BCUT2D eigenvalue weighted by Gasteiger charge is -2.35. The molecule has 4 rings (SSSR count). The molecule has 2 unspecified atom stereocenters. The number of carbonyl (C=O) groups is 1. The SMILES string of the molecule is CC(C)n1c(=O)n(C(=O)OC2CC3CCC(C2)N3C)c2ccccc21. The number of rotatable bonds is 2. The molecule has 3 heterocycles. The van der Waals surface area contributed by atoms with Crippen molar-refractivity contribution in [1.82, 2.24) is 14.0 Å². The van der Waals surface area contributed by atoms with Gasteiger partial charge in [-0.15, -0.1) is 0 Å². The Morgan fingerprint density at radius 3 is 2.32 bits per heavy atom. The number of aromatic nitrogens is 2. The van der Waals surface area contributed by atoms with Crippen LogP contribution in [0.2, 0.25) is 0 Å². The number of imidazole rings is 1. The smallest absolute Gasteiger partial charge is 0.423 e. The number of para-hydroxylation sites is 2. The zero-order chi connectivity index (χ0) is 17.7. The van der Waals surface area contributed by atoms with Crippen LogP contribution >= 0.6 is 0 Å². The second-order valence-electron chi connectivity index (χ2n) is 7.60. The summed E-state index contributed by atoms with van der Waals surface area (Å²) in [5, 5.41) is 0. The Kier molecular flexibility index (Phi) is 3.95. The van der Waals surface area contributed by atoms with Crippen LogP contribution in [0.15, 0.2) is 29.1 Å². The van der Waals surface area contributed by atoms with Crippen molar-refractivity contribution in [1.29, 1.82) is 0 Å². The summed E-state index contributed by atoms with van der Waals surface area (Å²) in [6, 6.07) is 8.35. The van der Waals surface area contributed by atoms with E-state index in [2.05, 4.69) is 11.9 Å². The Labute approximate surface area is 147 Å². The van der Waals surface area contributed by atoms with Gasteiger partial charge < -0.3 is 9.64 Å². The molecule has 6 nitrogen and oxygen atoms in total. The van der Waals surface area contributed by atoms with Crippen LogP contribution in [0, 0.1) is 0 Å². The molecule has 0 amide bonds. The van der Waals surface area contributed by atoms with Gasteiger partial charge in [-0.1, -0.05) is 12.1 Å². The molecule has 2 fully saturated rings. The summed E-state index contributed by atoms with van der Waals surface area (Å²) in [6.07, 6.45) is 3.40. The largest absolute Gasteiger partial charge is 0.445 e. The van der Waals surface area contributed by atoms with E-state index in [4.69, 9.17) is 4.74 Å². The van der Waals surface area contributed by atoms with Gasteiger partial charge in [0, 0.05) is 31.0 Å². The van der Waals surface area contributed by atoms with E-state index < -0.39 is 6.09 Å². The second kappa shape index (κ2) is 6.02. The summed E-state index contributed by atoms with van der Waals surface area (Å²) >= 11 is 0. The molecule has 2 atom stereocenters. The molecule has 0 spiro atoms. The third kappa shape index (κ3) is 2.59. The Balaban J connectivity index is 1.65. The van der Waals surface area contributed by atoms with E-state index in [1.165, 1.54) is 17.4 Å². The van der Waals surface area contributed by atoms with Crippen LogP contribution in [0.1, 0.15) is 45.6 Å². The van der Waals surface area contributed by atoms with E-state index in [0.29, 0.717) is 17.6 Å². The normalized spacial score (nSPS) is 26.5. The molecular formula is C19H25N3O3. The number of carbonyl (C=O) groups excluding carboxylic acids is 1. The van der Waals surface area contributed by atoms with E-state index in [1.54, 1.807) is 10.6 Å². The quantitative estimate of drug-likeness (QED) is 0.841. The van der Waals surface area contributed by atoms with Gasteiger partial charge in [-0.25, -0.2) is 9.59 Å². The molecule has 0 N–H and O–H groups in total. The van der Waals surface area contributed by atoms with E-state index >= 15 is 0 Å². The van der Waals surface area contributed by atoms with Crippen molar-refractivity contribution >= 4 is 17.1 Å². The molecule has 2 aromatic rings. The average molecular weight is 343 g/mol. The maximum Gasteiger partial charge on any atom is 0.423 e. The van der Waals surface area contributed by atoms with Gasteiger partial charge in [-0.3, -0.25) is 4.57 Å². The zero-order valence-corrected chi connectivity index (χ0v) is 15.0. The summed E-state index contributed by atoms with van der Waals surface area (Å²) in [5.74, 6) is 0. The van der Waals surface area contributed by atoms with Gasteiger partial charge in [0.15, 0.2) is 0 Å². The third-order valence-electron chi connectivity index (χ3n) is 5.80. The van der Waals surface area contributed by atoms with Gasteiger partial charge in [-0.2, -0.15) is 4.57 Å². The standard InChI is InChI=1S/C19H25N3O3/c1-12(2)21-16-6-4-5-7-17(16)22(18(21)23)19(24)25-15-10-13-8-9-14(11-15)20(13)3/h4-7,12-15H,8-11H2,1-3H3. The first-order valence-corrected chi connectivity index (χ1v) is 9.12. The minimum absolute atomic E-state index is 0.0226. The Morgan fingerprint density at radius 1 is 1.12 bits per heavy atom. The predicted molar refractivity (Wildman–Crippen MR) is 96.1 cm³/mol. The molecule has 2 aliphatic heterocycles. The van der Waals surface area contributed by atoms with Crippen molar-refractivity contribution in [2.75, 3.05) is 7.05 Å². The highest BCUT2D eigenvalue weighted by atomic mass is 16.6. The highest BCUT2D eigenvalue weighted by molar-refractivity contribution is 5.87. The topological polar surface area (TPSA) is 56.5 Å². The number of hydrogen-bond donors (Lipinski definition) is 0. The van der Waals surface area contributed by atoms with Crippen LogP contribution in [0.25, 0.3) is 11.0 Å². The number of piperidine rings is 1. The van der Waals surface area contributed by atoms with Crippen molar-refractivity contribution < 1.29 is 9.53 Å². The van der Waals surface area contributed by atoms with Crippen LogP contribution in [-0.4, -0.2) is 45.4 Å². The predicted octanol–water partition coefficient (Wildman–Crippen LogP) is 2.99. The number of hydrogen-bond acceptors (Lipinski definition) is 4. The minimum Gasteiger partial charge on any atom is -0.445 e. The molecule has 0 aliphatic carbocycles. The summed E-state index contributed by atoms with van der Waals surface area (Å²) in [7, 11) is 2.15. The molecule has 1 aromatic heterocycles. The Morgan fingerprint density at radius 2 is 1.72 bits per heavy atom. The van der Waals surface area contributed by atoms with E-state index in [9.17, 15) is 9.59 Å². The van der Waals surface area contributed by atoms with Gasteiger partial charge in [-0.05, 0) is 45.9 Å². The number of ether oxygens (including phenoxy) is 1. The molecule has 134 valence electrons. The van der Waals surface area contributed by atoms with Crippen LogP contribution in [0.3, 0.4) is 0 Å². The molecule has 2 bridgehead atoms. The van der Waals surface area contributed by atoms with Crippen LogP contribution < -0.4 is 5.69 Å². The van der Waals surface area contributed by atoms with Crippen LogP contribution in [0.5, 0.6) is 0 Å². The number of benzene rings is 1. The molecule has 2 aliphatic rings. The van der Waals surface area contributed by atoms with E-state index in [0.717, 1.165) is 18.4 Å². The van der Waals surface area contributed by atoms with Gasteiger partial charge in [0.05, 0.1) is 11.0 Å². The van der Waals surface area contributed by atoms with Gasteiger partial charge in [0.1, 0.15) is 6.10 Å². The molecular weight excluding hydrogens is 318 g/mol. The monoisotopic (exact) mass is 343 g/mol. The minimum atomic E-state index is -0.547. The Hall–Kier alpha value is -2.08. The first kappa shape index (κ1) is 16.4. The van der Waals surface area contributed by atoms with Gasteiger partial charge in [0.2, 0.25) is 0 Å². The fourth-order valence-corrected chi connectivity index (χ4v) is 4.50. The number of fused-ring (bicyclic) bond motifs is 3. The Bertz CT molecular complexity index is 852. The zero-order valence-electron chi connectivity index (χ0n) is 15.0. The van der Waals surface area contributed by atoms with Gasteiger partial charge >= 0.3 is 11.8 Å². The van der Waals surface area contributed by atoms with Crippen molar-refractivity contribution in [3.05, 3.63) is 34.7 Å². The van der Waals surface area contributed by atoms with Crippen molar-refractivity contribution in [3.63, 3.8) is 0 Å². The maximum absolute atomic E-state index is 12.8. The molecule has 6 heteroatoms.